The van der Waals surface area contributed by atoms with Crippen molar-refractivity contribution in [2.45, 2.75) is 29.1 Å². The molecular weight excluding hydrogens is 464 g/mol. The lowest BCUT2D eigenvalue weighted by Crippen LogP contribution is -2.50. The van der Waals surface area contributed by atoms with E-state index in [1.54, 1.807) is 36.4 Å². The summed E-state index contributed by atoms with van der Waals surface area (Å²) in [5, 5.41) is 0. The SMILES string of the molecule is O=S(=O)(c1cccc(Br)c1)N1CCN(S(=O)(=O)c2ccc3c(c2)CCC3)CC1. The minimum absolute atomic E-state index is 0.138. The summed E-state index contributed by atoms with van der Waals surface area (Å²) < 4.78 is 55.1. The summed E-state index contributed by atoms with van der Waals surface area (Å²) >= 11 is 3.29. The van der Waals surface area contributed by atoms with E-state index in [2.05, 4.69) is 15.9 Å². The summed E-state index contributed by atoms with van der Waals surface area (Å²) in [6.07, 6.45) is 2.98. The van der Waals surface area contributed by atoms with E-state index >= 15 is 0 Å². The van der Waals surface area contributed by atoms with Gasteiger partial charge in [0.1, 0.15) is 0 Å². The fourth-order valence-electron chi connectivity index (χ4n) is 3.78. The summed E-state index contributed by atoms with van der Waals surface area (Å²) in [7, 11) is -7.26. The molecular formula is C19H21BrN2O4S2. The Morgan fingerprint density at radius 2 is 1.29 bits per heavy atom. The number of aryl methyl sites for hydroxylation is 2. The molecule has 1 aliphatic heterocycles. The molecule has 1 fully saturated rings. The molecule has 2 aromatic carbocycles. The normalized spacial score (nSPS) is 18.9. The molecule has 4 rings (SSSR count). The maximum atomic E-state index is 13.0. The van der Waals surface area contributed by atoms with Gasteiger partial charge in [-0.15, -0.1) is 0 Å². The molecule has 0 radical (unpaired) electrons. The smallest absolute Gasteiger partial charge is 0.207 e. The van der Waals surface area contributed by atoms with Gasteiger partial charge in [0.05, 0.1) is 9.79 Å². The Kier molecular flexibility index (Phi) is 5.39. The van der Waals surface area contributed by atoms with Crippen molar-refractivity contribution in [2.24, 2.45) is 0 Å². The van der Waals surface area contributed by atoms with Crippen LogP contribution in [-0.4, -0.2) is 51.6 Å². The van der Waals surface area contributed by atoms with E-state index in [1.165, 1.54) is 14.2 Å². The van der Waals surface area contributed by atoms with Crippen molar-refractivity contribution in [1.29, 1.82) is 0 Å². The average Bonchev–Trinajstić information content (AvgIpc) is 3.16. The van der Waals surface area contributed by atoms with Crippen molar-refractivity contribution < 1.29 is 16.8 Å². The van der Waals surface area contributed by atoms with Crippen LogP contribution >= 0.6 is 15.9 Å². The fraction of sp³-hybridized carbons (Fsp3) is 0.368. The largest absolute Gasteiger partial charge is 0.243 e. The number of piperazine rings is 1. The zero-order valence-electron chi connectivity index (χ0n) is 15.2. The molecule has 150 valence electrons. The lowest BCUT2D eigenvalue weighted by atomic mass is 10.1. The number of hydrogen-bond donors (Lipinski definition) is 0. The molecule has 0 atom stereocenters. The van der Waals surface area contributed by atoms with Crippen molar-refractivity contribution >= 4 is 36.0 Å². The number of nitrogens with zero attached hydrogens (tertiary/aromatic N) is 2. The van der Waals surface area contributed by atoms with Crippen LogP contribution in [0.1, 0.15) is 17.5 Å². The minimum Gasteiger partial charge on any atom is -0.207 e. The molecule has 0 unspecified atom stereocenters. The third kappa shape index (κ3) is 3.66. The highest BCUT2D eigenvalue weighted by atomic mass is 79.9. The Bertz CT molecular complexity index is 1110. The topological polar surface area (TPSA) is 74.8 Å². The Balaban J connectivity index is 1.51. The van der Waals surface area contributed by atoms with Crippen molar-refractivity contribution in [3.8, 4) is 0 Å². The Morgan fingerprint density at radius 1 is 0.714 bits per heavy atom. The summed E-state index contributed by atoms with van der Waals surface area (Å²) in [5.41, 5.74) is 2.33. The van der Waals surface area contributed by atoms with Gasteiger partial charge in [-0.3, -0.25) is 0 Å². The molecule has 6 nitrogen and oxygen atoms in total. The lowest BCUT2D eigenvalue weighted by Gasteiger charge is -2.33. The van der Waals surface area contributed by atoms with E-state index in [-0.39, 0.29) is 31.1 Å². The van der Waals surface area contributed by atoms with Crippen molar-refractivity contribution in [2.75, 3.05) is 26.2 Å². The molecule has 28 heavy (non-hydrogen) atoms. The van der Waals surface area contributed by atoms with E-state index in [0.717, 1.165) is 24.8 Å². The first kappa shape index (κ1) is 20.0. The van der Waals surface area contributed by atoms with Gasteiger partial charge in [-0.05, 0) is 60.7 Å². The Morgan fingerprint density at radius 3 is 1.89 bits per heavy atom. The fourth-order valence-corrected chi connectivity index (χ4v) is 7.28. The monoisotopic (exact) mass is 484 g/mol. The van der Waals surface area contributed by atoms with Crippen molar-refractivity contribution in [3.05, 3.63) is 58.1 Å². The third-order valence-electron chi connectivity index (χ3n) is 5.34. The second-order valence-corrected chi connectivity index (χ2v) is 11.8. The molecule has 2 aliphatic rings. The van der Waals surface area contributed by atoms with Gasteiger partial charge in [0, 0.05) is 30.7 Å². The molecule has 0 saturated carbocycles. The quantitative estimate of drug-likeness (QED) is 0.668. The average molecular weight is 485 g/mol. The summed E-state index contributed by atoms with van der Waals surface area (Å²) in [5.74, 6) is 0. The number of benzene rings is 2. The lowest BCUT2D eigenvalue weighted by molar-refractivity contribution is 0.273. The van der Waals surface area contributed by atoms with Gasteiger partial charge < -0.3 is 0 Å². The van der Waals surface area contributed by atoms with Gasteiger partial charge in [-0.1, -0.05) is 28.1 Å². The van der Waals surface area contributed by atoms with Crippen LogP contribution in [0, 0.1) is 0 Å². The summed E-state index contributed by atoms with van der Waals surface area (Å²) in [6.45, 7) is 0.567. The molecule has 1 heterocycles. The number of hydrogen-bond acceptors (Lipinski definition) is 4. The molecule has 2 aromatic rings. The summed E-state index contributed by atoms with van der Waals surface area (Å²) in [6, 6.07) is 11.9. The highest BCUT2D eigenvalue weighted by molar-refractivity contribution is 9.10. The van der Waals surface area contributed by atoms with Crippen LogP contribution in [0.25, 0.3) is 0 Å². The van der Waals surface area contributed by atoms with Gasteiger partial charge >= 0.3 is 0 Å². The molecule has 0 amide bonds. The van der Waals surface area contributed by atoms with Crippen LogP contribution in [0.4, 0.5) is 0 Å². The van der Waals surface area contributed by atoms with Gasteiger partial charge in [-0.25, -0.2) is 16.8 Å². The number of halogens is 1. The molecule has 1 saturated heterocycles. The standard InChI is InChI=1S/C19H21BrN2O4S2/c20-17-5-2-6-18(14-17)27(23,24)21-9-11-22(12-10-21)28(25,26)19-8-7-15-3-1-4-16(15)13-19/h2,5-8,13-14H,1,3-4,9-12H2. The van der Waals surface area contributed by atoms with Crippen LogP contribution in [0.15, 0.2) is 56.7 Å². The second-order valence-electron chi connectivity index (χ2n) is 7.05. The molecule has 0 bridgehead atoms. The first-order chi connectivity index (χ1) is 13.3. The van der Waals surface area contributed by atoms with E-state index < -0.39 is 20.0 Å². The van der Waals surface area contributed by atoms with Crippen LogP contribution in [0.3, 0.4) is 0 Å². The number of fused-ring (bicyclic) bond motifs is 1. The van der Waals surface area contributed by atoms with Crippen LogP contribution in [0.5, 0.6) is 0 Å². The van der Waals surface area contributed by atoms with Gasteiger partial charge in [0.15, 0.2) is 0 Å². The maximum Gasteiger partial charge on any atom is 0.243 e. The molecule has 0 N–H and O–H groups in total. The van der Waals surface area contributed by atoms with Gasteiger partial charge in [0.25, 0.3) is 0 Å². The van der Waals surface area contributed by atoms with Gasteiger partial charge in [0.2, 0.25) is 20.0 Å². The molecule has 1 aliphatic carbocycles. The highest BCUT2D eigenvalue weighted by Crippen LogP contribution is 2.27. The predicted octanol–water partition coefficient (Wildman–Crippen LogP) is 2.63. The Hall–Kier alpha value is -1.26. The zero-order chi connectivity index (χ0) is 19.9. The first-order valence-electron chi connectivity index (χ1n) is 9.16. The van der Waals surface area contributed by atoms with E-state index in [4.69, 9.17) is 0 Å². The number of rotatable bonds is 4. The van der Waals surface area contributed by atoms with Crippen LogP contribution < -0.4 is 0 Å². The van der Waals surface area contributed by atoms with Crippen molar-refractivity contribution in [1.82, 2.24) is 8.61 Å². The summed E-state index contributed by atoms with van der Waals surface area (Å²) in [4.78, 5) is 0.508. The third-order valence-corrected chi connectivity index (χ3v) is 9.62. The van der Waals surface area contributed by atoms with E-state index in [1.807, 2.05) is 6.07 Å². The predicted molar refractivity (Wildman–Crippen MR) is 110 cm³/mol. The first-order valence-corrected chi connectivity index (χ1v) is 12.8. The van der Waals surface area contributed by atoms with Crippen LogP contribution in [-0.2, 0) is 32.9 Å². The second kappa shape index (κ2) is 7.53. The molecule has 0 aromatic heterocycles. The molecule has 9 heteroatoms. The van der Waals surface area contributed by atoms with Crippen LogP contribution in [0.2, 0.25) is 0 Å². The van der Waals surface area contributed by atoms with E-state index in [9.17, 15) is 16.8 Å². The van der Waals surface area contributed by atoms with E-state index in [0.29, 0.717) is 9.37 Å². The zero-order valence-corrected chi connectivity index (χ0v) is 18.4. The highest BCUT2D eigenvalue weighted by Gasteiger charge is 2.34. The maximum absolute atomic E-state index is 13.0. The Labute approximate surface area is 174 Å². The minimum atomic E-state index is -3.64. The van der Waals surface area contributed by atoms with Gasteiger partial charge in [-0.2, -0.15) is 8.61 Å². The molecule has 0 spiro atoms. The number of sulfonamides is 2. The van der Waals surface area contributed by atoms with Crippen molar-refractivity contribution in [3.63, 3.8) is 0 Å².